The number of benzene rings is 1. The Labute approximate surface area is 122 Å². The largest absolute Gasteiger partial charge is 0.416 e. The van der Waals surface area contributed by atoms with Gasteiger partial charge in [0, 0.05) is 12.1 Å². The summed E-state index contributed by atoms with van der Waals surface area (Å²) in [4.78, 5) is 0. The first-order valence-electron chi connectivity index (χ1n) is 6.81. The summed E-state index contributed by atoms with van der Waals surface area (Å²) in [5.41, 5.74) is -0.113. The molecular weight excluding hydrogens is 303 g/mol. The highest BCUT2D eigenvalue weighted by atomic mass is 32.2. The molecule has 0 radical (unpaired) electrons. The van der Waals surface area contributed by atoms with Crippen LogP contribution in [0, 0.1) is 0 Å². The molecule has 0 aliphatic carbocycles. The molecular formula is C14H18F3NO2S. The van der Waals surface area contributed by atoms with Crippen molar-refractivity contribution < 1.29 is 21.6 Å². The summed E-state index contributed by atoms with van der Waals surface area (Å²) in [6.07, 6.45) is -3.34. The minimum Gasteiger partial charge on any atom is -0.307 e. The lowest BCUT2D eigenvalue weighted by Gasteiger charge is -2.27. The predicted octanol–water partition coefficient (Wildman–Crippen LogP) is 2.93. The van der Waals surface area contributed by atoms with Crippen LogP contribution in [0.3, 0.4) is 0 Å². The Morgan fingerprint density at radius 2 is 1.86 bits per heavy atom. The van der Waals surface area contributed by atoms with E-state index in [2.05, 4.69) is 5.32 Å². The van der Waals surface area contributed by atoms with Crippen molar-refractivity contribution in [1.29, 1.82) is 0 Å². The van der Waals surface area contributed by atoms with Crippen LogP contribution in [0.15, 0.2) is 24.3 Å². The molecule has 1 saturated heterocycles. The summed E-state index contributed by atoms with van der Waals surface area (Å²) in [6.45, 7) is 1.79. The van der Waals surface area contributed by atoms with E-state index in [0.717, 1.165) is 12.1 Å². The van der Waals surface area contributed by atoms with Crippen LogP contribution >= 0.6 is 0 Å². The fraction of sp³-hybridized carbons (Fsp3) is 0.571. The van der Waals surface area contributed by atoms with Crippen LogP contribution < -0.4 is 5.32 Å². The third-order valence-electron chi connectivity index (χ3n) is 3.75. The molecule has 1 aliphatic rings. The summed E-state index contributed by atoms with van der Waals surface area (Å²) in [7, 11) is -2.93. The van der Waals surface area contributed by atoms with E-state index in [4.69, 9.17) is 0 Å². The van der Waals surface area contributed by atoms with E-state index in [1.807, 2.05) is 0 Å². The molecule has 21 heavy (non-hydrogen) atoms. The Bertz CT molecular complexity index is 584. The van der Waals surface area contributed by atoms with Crippen LogP contribution in [0.5, 0.6) is 0 Å². The maximum Gasteiger partial charge on any atom is 0.416 e. The Morgan fingerprint density at radius 1 is 1.24 bits per heavy atom. The van der Waals surface area contributed by atoms with E-state index in [-0.39, 0.29) is 23.6 Å². The highest BCUT2D eigenvalue weighted by Crippen LogP contribution is 2.31. The predicted molar refractivity (Wildman–Crippen MR) is 74.7 cm³/mol. The van der Waals surface area contributed by atoms with Crippen molar-refractivity contribution in [3.05, 3.63) is 35.4 Å². The molecule has 1 aromatic rings. The molecule has 1 atom stereocenters. The molecule has 7 heteroatoms. The number of sulfone groups is 1. The van der Waals surface area contributed by atoms with Gasteiger partial charge in [0.05, 0.1) is 17.1 Å². The molecule has 1 aromatic carbocycles. The normalized spacial score (nSPS) is 21.1. The maximum absolute atomic E-state index is 12.7. The second-order valence-corrected chi connectivity index (χ2v) is 7.74. The lowest BCUT2D eigenvalue weighted by atomic mass is 10.0. The summed E-state index contributed by atoms with van der Waals surface area (Å²) < 4.78 is 60.8. The van der Waals surface area contributed by atoms with Gasteiger partial charge < -0.3 is 5.32 Å². The first kappa shape index (κ1) is 16.3. The Kier molecular flexibility index (Phi) is 4.63. The van der Waals surface area contributed by atoms with Gasteiger partial charge in [0.1, 0.15) is 9.84 Å². The second kappa shape index (κ2) is 5.96. The van der Waals surface area contributed by atoms with Crippen molar-refractivity contribution in [2.45, 2.75) is 38.0 Å². The van der Waals surface area contributed by atoms with Gasteiger partial charge in [-0.2, -0.15) is 13.2 Å². The van der Waals surface area contributed by atoms with E-state index in [0.29, 0.717) is 18.4 Å². The summed E-state index contributed by atoms with van der Waals surface area (Å²) in [6, 6.07) is 4.99. The minimum absolute atomic E-state index is 0.0260. The smallest absolute Gasteiger partial charge is 0.307 e. The average Bonchev–Trinajstić information content (AvgIpc) is 2.40. The molecule has 118 valence electrons. The van der Waals surface area contributed by atoms with E-state index in [1.165, 1.54) is 6.07 Å². The standard InChI is InChI=1S/C14H18F3NO2S/c1-10(18-13-5-7-21(19,20)8-6-13)11-3-2-4-12(9-11)14(15,16)17/h2-4,9-10,13,18H,5-8H2,1H3. The first-order valence-corrected chi connectivity index (χ1v) is 8.63. The monoisotopic (exact) mass is 321 g/mol. The molecule has 0 saturated carbocycles. The van der Waals surface area contributed by atoms with Gasteiger partial charge in [0.2, 0.25) is 0 Å². The molecule has 2 rings (SSSR count). The quantitative estimate of drug-likeness (QED) is 0.931. The average molecular weight is 321 g/mol. The molecule has 1 heterocycles. The molecule has 0 aromatic heterocycles. The zero-order chi connectivity index (χ0) is 15.7. The molecule has 1 unspecified atom stereocenters. The third-order valence-corrected chi connectivity index (χ3v) is 5.47. The van der Waals surface area contributed by atoms with Gasteiger partial charge in [0.25, 0.3) is 0 Å². The highest BCUT2D eigenvalue weighted by molar-refractivity contribution is 7.91. The van der Waals surface area contributed by atoms with Crippen molar-refractivity contribution in [2.24, 2.45) is 0 Å². The first-order chi connectivity index (χ1) is 9.67. The summed E-state index contributed by atoms with van der Waals surface area (Å²) in [5, 5.41) is 3.22. The number of nitrogens with one attached hydrogen (secondary N) is 1. The fourth-order valence-corrected chi connectivity index (χ4v) is 3.98. The zero-order valence-electron chi connectivity index (χ0n) is 11.7. The molecule has 1 N–H and O–H groups in total. The number of halogens is 3. The van der Waals surface area contributed by atoms with Crippen LogP contribution in [-0.4, -0.2) is 26.0 Å². The Hall–Kier alpha value is -1.08. The topological polar surface area (TPSA) is 46.2 Å². The zero-order valence-corrected chi connectivity index (χ0v) is 12.5. The van der Waals surface area contributed by atoms with Crippen LogP contribution in [-0.2, 0) is 16.0 Å². The molecule has 3 nitrogen and oxygen atoms in total. The van der Waals surface area contributed by atoms with Crippen molar-refractivity contribution in [2.75, 3.05) is 11.5 Å². The number of alkyl halides is 3. The van der Waals surface area contributed by atoms with Gasteiger partial charge in [-0.3, -0.25) is 0 Å². The van der Waals surface area contributed by atoms with E-state index < -0.39 is 21.6 Å². The molecule has 0 spiro atoms. The van der Waals surface area contributed by atoms with Gasteiger partial charge in [-0.1, -0.05) is 12.1 Å². The van der Waals surface area contributed by atoms with Gasteiger partial charge in [0.15, 0.2) is 0 Å². The Balaban J connectivity index is 2.02. The maximum atomic E-state index is 12.7. The third kappa shape index (κ3) is 4.44. The lowest BCUT2D eigenvalue weighted by Crippen LogP contribution is -2.38. The second-order valence-electron chi connectivity index (χ2n) is 5.44. The number of hydrogen-bond acceptors (Lipinski definition) is 3. The highest BCUT2D eigenvalue weighted by Gasteiger charge is 2.31. The van der Waals surface area contributed by atoms with Gasteiger partial charge >= 0.3 is 6.18 Å². The summed E-state index contributed by atoms with van der Waals surface area (Å²) in [5.74, 6) is 0.278. The summed E-state index contributed by atoms with van der Waals surface area (Å²) >= 11 is 0. The SMILES string of the molecule is CC(NC1CCS(=O)(=O)CC1)c1cccc(C(F)(F)F)c1. The molecule has 0 bridgehead atoms. The van der Waals surface area contributed by atoms with Crippen molar-refractivity contribution in [3.63, 3.8) is 0 Å². The molecule has 1 fully saturated rings. The van der Waals surface area contributed by atoms with Crippen LogP contribution in [0.25, 0.3) is 0 Å². The van der Waals surface area contributed by atoms with Crippen LogP contribution in [0.4, 0.5) is 13.2 Å². The molecule has 1 aliphatic heterocycles. The van der Waals surface area contributed by atoms with Crippen LogP contribution in [0.2, 0.25) is 0 Å². The fourth-order valence-electron chi connectivity index (χ4n) is 2.49. The number of hydrogen-bond donors (Lipinski definition) is 1. The minimum atomic E-state index is -4.35. The van der Waals surface area contributed by atoms with Crippen molar-refractivity contribution in [3.8, 4) is 0 Å². The van der Waals surface area contributed by atoms with E-state index in [1.54, 1.807) is 13.0 Å². The van der Waals surface area contributed by atoms with E-state index >= 15 is 0 Å². The Morgan fingerprint density at radius 3 is 2.43 bits per heavy atom. The van der Waals surface area contributed by atoms with Crippen LogP contribution in [0.1, 0.15) is 36.9 Å². The van der Waals surface area contributed by atoms with Crippen molar-refractivity contribution >= 4 is 9.84 Å². The molecule has 0 amide bonds. The van der Waals surface area contributed by atoms with Gasteiger partial charge in [-0.15, -0.1) is 0 Å². The lowest BCUT2D eigenvalue weighted by molar-refractivity contribution is -0.137. The van der Waals surface area contributed by atoms with Gasteiger partial charge in [-0.25, -0.2) is 8.42 Å². The van der Waals surface area contributed by atoms with Gasteiger partial charge in [-0.05, 0) is 37.5 Å². The van der Waals surface area contributed by atoms with E-state index in [9.17, 15) is 21.6 Å². The van der Waals surface area contributed by atoms with Crippen molar-refractivity contribution in [1.82, 2.24) is 5.32 Å². The number of rotatable bonds is 3.